The molecule has 0 unspecified atom stereocenters. The molecule has 1 amide bonds. The van der Waals surface area contributed by atoms with E-state index in [-0.39, 0.29) is 11.2 Å². The van der Waals surface area contributed by atoms with Crippen molar-refractivity contribution >= 4 is 15.7 Å². The lowest BCUT2D eigenvalue weighted by Gasteiger charge is -2.31. The maximum Gasteiger partial charge on any atom is 0.222 e. The van der Waals surface area contributed by atoms with Gasteiger partial charge in [-0.15, -0.1) is 0 Å². The number of hydrogen-bond acceptors (Lipinski definition) is 6. The number of aryl methyl sites for hydroxylation is 1. The number of amides is 1. The molecule has 0 atom stereocenters. The number of carbonyl (C=O) groups excluding carboxylic acids is 1. The summed E-state index contributed by atoms with van der Waals surface area (Å²) >= 11 is 0. The summed E-state index contributed by atoms with van der Waals surface area (Å²) in [5.41, 5.74) is 0.865. The summed E-state index contributed by atoms with van der Waals surface area (Å²) < 4.78 is 39.3. The van der Waals surface area contributed by atoms with Gasteiger partial charge in [0.25, 0.3) is 0 Å². The first kappa shape index (κ1) is 20.4. The van der Waals surface area contributed by atoms with E-state index in [4.69, 9.17) is 14.2 Å². The van der Waals surface area contributed by atoms with Crippen molar-refractivity contribution < 1.29 is 27.4 Å². The van der Waals surface area contributed by atoms with Crippen LogP contribution in [0.15, 0.2) is 12.1 Å². The molecule has 2 rings (SSSR count). The lowest BCUT2D eigenvalue weighted by molar-refractivity contribution is -0.132. The summed E-state index contributed by atoms with van der Waals surface area (Å²) in [7, 11) is 1.62. The summed E-state index contributed by atoms with van der Waals surface area (Å²) in [5.74, 6) is 1.67. The third-order valence-corrected chi connectivity index (χ3v) is 6.48. The van der Waals surface area contributed by atoms with Crippen molar-refractivity contribution in [2.24, 2.45) is 0 Å². The van der Waals surface area contributed by atoms with E-state index in [0.29, 0.717) is 56.0 Å². The molecule has 1 aliphatic heterocycles. The number of ether oxygens (including phenoxy) is 3. The van der Waals surface area contributed by atoms with Crippen LogP contribution >= 0.6 is 0 Å². The second-order valence-electron chi connectivity index (χ2n) is 6.40. The molecule has 1 aromatic carbocycles. The van der Waals surface area contributed by atoms with Crippen LogP contribution < -0.4 is 14.2 Å². The van der Waals surface area contributed by atoms with E-state index in [0.717, 1.165) is 5.56 Å². The normalized spacial score (nSPS) is 15.6. The maximum atomic E-state index is 12.5. The van der Waals surface area contributed by atoms with Gasteiger partial charge in [0.1, 0.15) is 9.84 Å². The average Bonchev–Trinajstić information content (AvgIpc) is 2.64. The Hall–Kier alpha value is -1.96. The van der Waals surface area contributed by atoms with Gasteiger partial charge in [-0.2, -0.15) is 0 Å². The second-order valence-corrected chi connectivity index (χ2v) is 8.73. The van der Waals surface area contributed by atoms with E-state index in [2.05, 4.69) is 0 Å². The fourth-order valence-electron chi connectivity index (χ4n) is 3.29. The molecule has 1 saturated heterocycles. The minimum Gasteiger partial charge on any atom is -0.493 e. The summed E-state index contributed by atoms with van der Waals surface area (Å²) in [5, 5.41) is -0.336. The smallest absolute Gasteiger partial charge is 0.222 e. The first-order valence-electron chi connectivity index (χ1n) is 8.56. The number of rotatable bonds is 7. The van der Waals surface area contributed by atoms with Crippen molar-refractivity contribution in [1.82, 2.24) is 4.90 Å². The van der Waals surface area contributed by atoms with Crippen LogP contribution in [-0.4, -0.2) is 65.1 Å². The monoisotopic (exact) mass is 385 g/mol. The Kier molecular flexibility index (Phi) is 6.75. The van der Waals surface area contributed by atoms with Crippen LogP contribution in [0.25, 0.3) is 0 Å². The number of likely N-dealkylation sites (tertiary alicyclic amines) is 1. The molecular formula is C18H27NO6S. The molecule has 0 bridgehead atoms. The summed E-state index contributed by atoms with van der Waals surface area (Å²) in [6.45, 7) is 0.972. The van der Waals surface area contributed by atoms with Gasteiger partial charge in [0.05, 0.1) is 26.6 Å². The van der Waals surface area contributed by atoms with Crippen LogP contribution in [0.2, 0.25) is 0 Å². The van der Waals surface area contributed by atoms with E-state index < -0.39 is 9.84 Å². The number of carbonyl (C=O) groups is 1. The van der Waals surface area contributed by atoms with Crippen molar-refractivity contribution in [1.29, 1.82) is 0 Å². The van der Waals surface area contributed by atoms with Crippen molar-refractivity contribution in [3.8, 4) is 17.2 Å². The average molecular weight is 385 g/mol. The van der Waals surface area contributed by atoms with Gasteiger partial charge >= 0.3 is 0 Å². The van der Waals surface area contributed by atoms with Gasteiger partial charge in [0.15, 0.2) is 11.5 Å². The van der Waals surface area contributed by atoms with Crippen LogP contribution in [-0.2, 0) is 21.1 Å². The number of hydrogen-bond donors (Lipinski definition) is 0. The zero-order valence-corrected chi connectivity index (χ0v) is 16.6. The Bertz CT molecular complexity index is 738. The predicted octanol–water partition coefficient (Wildman–Crippen LogP) is 1.68. The molecule has 0 spiro atoms. The molecule has 0 aromatic heterocycles. The second kappa shape index (κ2) is 8.62. The molecule has 1 aromatic rings. The van der Waals surface area contributed by atoms with Gasteiger partial charge in [0.2, 0.25) is 11.7 Å². The van der Waals surface area contributed by atoms with Crippen molar-refractivity contribution in [3.05, 3.63) is 17.7 Å². The van der Waals surface area contributed by atoms with Gasteiger partial charge in [-0.05, 0) is 30.9 Å². The maximum absolute atomic E-state index is 12.5. The Morgan fingerprint density at radius 2 is 1.69 bits per heavy atom. The largest absolute Gasteiger partial charge is 0.493 e. The molecule has 0 saturated carbocycles. The van der Waals surface area contributed by atoms with E-state index in [1.807, 2.05) is 6.07 Å². The SMILES string of the molecule is COc1ccc(CCC(=O)N2CCC(S(C)(=O)=O)CC2)c(OC)c1OC. The molecule has 7 nitrogen and oxygen atoms in total. The predicted molar refractivity (Wildman–Crippen MR) is 98.9 cm³/mol. The molecule has 1 aliphatic rings. The number of nitrogens with zero attached hydrogens (tertiary/aromatic N) is 1. The third-order valence-electron chi connectivity index (χ3n) is 4.79. The van der Waals surface area contributed by atoms with Crippen LogP contribution in [0, 0.1) is 0 Å². The van der Waals surface area contributed by atoms with E-state index in [9.17, 15) is 13.2 Å². The fraction of sp³-hybridized carbons (Fsp3) is 0.611. The quantitative estimate of drug-likeness (QED) is 0.710. The zero-order chi connectivity index (χ0) is 19.3. The van der Waals surface area contributed by atoms with E-state index in [1.165, 1.54) is 6.26 Å². The Morgan fingerprint density at radius 1 is 1.08 bits per heavy atom. The highest BCUT2D eigenvalue weighted by Gasteiger charge is 2.28. The highest BCUT2D eigenvalue weighted by Crippen LogP contribution is 2.40. The summed E-state index contributed by atoms with van der Waals surface area (Å²) in [4.78, 5) is 14.2. The fourth-order valence-corrected chi connectivity index (χ4v) is 4.36. The number of methoxy groups -OCH3 is 3. The Labute approximate surface area is 155 Å². The van der Waals surface area contributed by atoms with Gasteiger partial charge in [0, 0.05) is 25.8 Å². The highest BCUT2D eigenvalue weighted by atomic mass is 32.2. The van der Waals surface area contributed by atoms with Crippen LogP contribution in [0.3, 0.4) is 0 Å². The molecule has 8 heteroatoms. The summed E-state index contributed by atoms with van der Waals surface area (Å²) in [6.07, 6.45) is 3.11. The van der Waals surface area contributed by atoms with Crippen LogP contribution in [0.1, 0.15) is 24.8 Å². The first-order chi connectivity index (χ1) is 12.3. The van der Waals surface area contributed by atoms with E-state index in [1.54, 1.807) is 32.3 Å². The molecule has 1 fully saturated rings. The molecule has 0 aliphatic carbocycles. The highest BCUT2D eigenvalue weighted by molar-refractivity contribution is 7.91. The van der Waals surface area contributed by atoms with Gasteiger partial charge in [-0.25, -0.2) is 8.42 Å². The van der Waals surface area contributed by atoms with Crippen molar-refractivity contribution in [3.63, 3.8) is 0 Å². The third kappa shape index (κ3) is 4.60. The standard InChI is InChI=1S/C18H27NO6S/c1-23-15-7-5-13(17(24-2)18(15)25-3)6-8-16(20)19-11-9-14(10-12-19)26(4,21)22/h5,7,14H,6,8-12H2,1-4H3. The minimum atomic E-state index is -3.03. The van der Waals surface area contributed by atoms with Gasteiger partial charge in [-0.3, -0.25) is 4.79 Å². The van der Waals surface area contributed by atoms with Gasteiger partial charge in [-0.1, -0.05) is 6.07 Å². The zero-order valence-electron chi connectivity index (χ0n) is 15.8. The van der Waals surface area contributed by atoms with E-state index >= 15 is 0 Å². The first-order valence-corrected chi connectivity index (χ1v) is 10.5. The van der Waals surface area contributed by atoms with Crippen LogP contribution in [0.4, 0.5) is 0 Å². The van der Waals surface area contributed by atoms with Crippen molar-refractivity contribution in [2.45, 2.75) is 30.9 Å². The Morgan fingerprint density at radius 3 is 2.19 bits per heavy atom. The molecule has 0 radical (unpaired) electrons. The summed E-state index contributed by atoms with van der Waals surface area (Å²) in [6, 6.07) is 3.65. The molecule has 0 N–H and O–H groups in total. The Balaban J connectivity index is 2.00. The molecule has 146 valence electrons. The number of piperidine rings is 1. The van der Waals surface area contributed by atoms with Gasteiger partial charge < -0.3 is 19.1 Å². The number of sulfone groups is 1. The number of benzene rings is 1. The molecule has 26 heavy (non-hydrogen) atoms. The molecule has 1 heterocycles. The lowest BCUT2D eigenvalue weighted by Crippen LogP contribution is -2.42. The topological polar surface area (TPSA) is 82.1 Å². The van der Waals surface area contributed by atoms with Crippen LogP contribution in [0.5, 0.6) is 17.2 Å². The minimum absolute atomic E-state index is 0.0220. The lowest BCUT2D eigenvalue weighted by atomic mass is 10.1. The van der Waals surface area contributed by atoms with Crippen molar-refractivity contribution in [2.75, 3.05) is 40.7 Å². The molecular weight excluding hydrogens is 358 g/mol.